The number of anilines is 1. The van der Waals surface area contributed by atoms with E-state index in [1.807, 2.05) is 74.5 Å². The Morgan fingerprint density at radius 3 is 2.00 bits per heavy atom. The van der Waals surface area contributed by atoms with Crippen LogP contribution < -0.4 is 9.62 Å². The monoisotopic (exact) mass is 526 g/mol. The number of para-hydroxylation sites is 1. The molecule has 0 spiro atoms. The summed E-state index contributed by atoms with van der Waals surface area (Å²) >= 11 is 0. The Morgan fingerprint density at radius 2 is 1.42 bits per heavy atom. The van der Waals surface area contributed by atoms with Crippen molar-refractivity contribution >= 4 is 21.6 Å². The Morgan fingerprint density at radius 1 is 0.789 bits per heavy atom. The van der Waals surface area contributed by atoms with Crippen molar-refractivity contribution < 1.29 is 13.2 Å². The smallest absolute Gasteiger partial charge is 0.252 e. The van der Waals surface area contributed by atoms with Crippen molar-refractivity contribution in [1.29, 1.82) is 0 Å². The average Bonchev–Trinajstić information content (AvgIpc) is 2.87. The molecule has 4 aromatic carbocycles. The van der Waals surface area contributed by atoms with Crippen molar-refractivity contribution in [2.45, 2.75) is 40.3 Å². The minimum atomic E-state index is -3.52. The van der Waals surface area contributed by atoms with Gasteiger partial charge in [-0.1, -0.05) is 84.4 Å². The van der Waals surface area contributed by atoms with E-state index in [2.05, 4.69) is 37.4 Å². The zero-order valence-electron chi connectivity index (χ0n) is 22.5. The van der Waals surface area contributed by atoms with Gasteiger partial charge in [0, 0.05) is 5.56 Å². The fourth-order valence-corrected chi connectivity index (χ4v) is 5.84. The second kappa shape index (κ2) is 11.2. The summed E-state index contributed by atoms with van der Waals surface area (Å²) in [5.41, 5.74) is 8.11. The number of nitrogens with one attached hydrogen (secondary N) is 1. The van der Waals surface area contributed by atoms with Crippen LogP contribution in [0.2, 0.25) is 0 Å². The molecule has 0 aliphatic heterocycles. The molecule has 0 unspecified atom stereocenters. The molecule has 0 saturated heterocycles. The van der Waals surface area contributed by atoms with Crippen molar-refractivity contribution in [3.63, 3.8) is 0 Å². The molecule has 6 heteroatoms. The number of amides is 1. The highest BCUT2D eigenvalue weighted by atomic mass is 32.2. The molecule has 4 aromatic rings. The number of sulfonamides is 1. The molecule has 1 N–H and O–H groups in total. The molecule has 0 aliphatic rings. The van der Waals surface area contributed by atoms with E-state index in [1.54, 1.807) is 12.1 Å². The van der Waals surface area contributed by atoms with Crippen LogP contribution in [-0.2, 0) is 16.6 Å². The van der Waals surface area contributed by atoms with Crippen molar-refractivity contribution in [3.8, 4) is 0 Å². The summed E-state index contributed by atoms with van der Waals surface area (Å²) in [4.78, 5) is 13.4. The fourth-order valence-electron chi connectivity index (χ4n) is 4.84. The van der Waals surface area contributed by atoms with Crippen LogP contribution in [-0.4, -0.2) is 20.6 Å². The maximum atomic E-state index is 13.4. The Labute approximate surface area is 226 Å². The number of hydrogen-bond donors (Lipinski definition) is 1. The van der Waals surface area contributed by atoms with Crippen LogP contribution in [0.15, 0.2) is 91.0 Å². The standard InChI is InChI=1S/C32H34N2O3S/c1-22-14-19-29(25(4)20-22)30(27-12-7-6-8-13-27)33-32(35)28-17-15-26(16-18-28)21-34(38(5,36)37)31-23(2)10-9-11-24(31)3/h6-20,30H,21H2,1-5H3,(H,33,35)/t30-/m1/s1. The average molecular weight is 527 g/mol. The predicted octanol–water partition coefficient (Wildman–Crippen LogP) is 6.41. The fraction of sp³-hybridized carbons (Fsp3) is 0.219. The molecule has 5 nitrogen and oxygen atoms in total. The quantitative estimate of drug-likeness (QED) is 0.289. The van der Waals surface area contributed by atoms with Crippen LogP contribution in [0.3, 0.4) is 0 Å². The first-order valence-corrected chi connectivity index (χ1v) is 14.5. The molecule has 4 rings (SSSR count). The molecule has 0 aromatic heterocycles. The van der Waals surface area contributed by atoms with Crippen LogP contribution in [0.1, 0.15) is 55.3 Å². The first-order chi connectivity index (χ1) is 18.0. The third kappa shape index (κ3) is 6.14. The minimum absolute atomic E-state index is 0.182. The lowest BCUT2D eigenvalue weighted by Gasteiger charge is -2.26. The minimum Gasteiger partial charge on any atom is -0.341 e. The maximum absolute atomic E-state index is 13.4. The van der Waals surface area contributed by atoms with Gasteiger partial charge in [-0.2, -0.15) is 0 Å². The molecule has 196 valence electrons. The van der Waals surface area contributed by atoms with Crippen LogP contribution in [0.25, 0.3) is 0 Å². The molecule has 1 atom stereocenters. The van der Waals surface area contributed by atoms with Crippen LogP contribution in [0, 0.1) is 27.7 Å². The topological polar surface area (TPSA) is 66.5 Å². The predicted molar refractivity (Wildman–Crippen MR) is 155 cm³/mol. The largest absolute Gasteiger partial charge is 0.341 e. The van der Waals surface area contributed by atoms with Gasteiger partial charge < -0.3 is 5.32 Å². The maximum Gasteiger partial charge on any atom is 0.252 e. The normalized spacial score (nSPS) is 12.1. The van der Waals surface area contributed by atoms with Gasteiger partial charge in [0.1, 0.15) is 0 Å². The highest BCUT2D eigenvalue weighted by Crippen LogP contribution is 2.29. The van der Waals surface area contributed by atoms with Gasteiger partial charge in [0.05, 0.1) is 24.5 Å². The van der Waals surface area contributed by atoms with E-state index in [9.17, 15) is 13.2 Å². The third-order valence-electron chi connectivity index (χ3n) is 6.78. The molecule has 38 heavy (non-hydrogen) atoms. The van der Waals surface area contributed by atoms with E-state index in [1.165, 1.54) is 16.1 Å². The lowest BCUT2D eigenvalue weighted by Crippen LogP contribution is -2.31. The van der Waals surface area contributed by atoms with E-state index in [0.717, 1.165) is 33.4 Å². The molecular weight excluding hydrogens is 492 g/mol. The highest BCUT2D eigenvalue weighted by Gasteiger charge is 2.22. The Balaban J connectivity index is 1.59. The number of carbonyl (C=O) groups excluding carboxylic acids is 1. The lowest BCUT2D eigenvalue weighted by atomic mass is 9.93. The van der Waals surface area contributed by atoms with E-state index in [4.69, 9.17) is 0 Å². The van der Waals surface area contributed by atoms with Crippen molar-refractivity contribution in [2.75, 3.05) is 10.6 Å². The number of benzene rings is 4. The highest BCUT2D eigenvalue weighted by molar-refractivity contribution is 7.92. The molecule has 1 amide bonds. The number of carbonyl (C=O) groups is 1. The molecule has 0 aliphatic carbocycles. The first-order valence-electron chi connectivity index (χ1n) is 12.6. The summed E-state index contributed by atoms with van der Waals surface area (Å²) in [5.74, 6) is -0.194. The van der Waals surface area contributed by atoms with Gasteiger partial charge in [0.15, 0.2) is 0 Å². The number of aryl methyl sites for hydroxylation is 4. The third-order valence-corrected chi connectivity index (χ3v) is 7.89. The van der Waals surface area contributed by atoms with Crippen LogP contribution >= 0.6 is 0 Å². The lowest BCUT2D eigenvalue weighted by molar-refractivity contribution is 0.0943. The van der Waals surface area contributed by atoms with E-state index < -0.39 is 10.0 Å². The summed E-state index contributed by atoms with van der Waals surface area (Å²) in [6.07, 6.45) is 1.22. The second-order valence-electron chi connectivity index (χ2n) is 9.88. The number of nitrogens with zero attached hydrogens (tertiary/aromatic N) is 1. The second-order valence-corrected chi connectivity index (χ2v) is 11.8. The van der Waals surface area contributed by atoms with E-state index >= 15 is 0 Å². The number of hydrogen-bond acceptors (Lipinski definition) is 3. The summed E-state index contributed by atoms with van der Waals surface area (Å²) in [6.45, 7) is 8.12. The zero-order chi connectivity index (χ0) is 27.4. The van der Waals surface area contributed by atoms with Crippen LogP contribution in [0.4, 0.5) is 5.69 Å². The molecule has 0 radical (unpaired) electrons. The van der Waals surface area contributed by atoms with Crippen molar-refractivity contribution in [3.05, 3.63) is 136 Å². The van der Waals surface area contributed by atoms with Crippen molar-refractivity contribution in [2.24, 2.45) is 0 Å². The molecule has 0 bridgehead atoms. The molecule has 0 fully saturated rings. The van der Waals surface area contributed by atoms with Crippen LogP contribution in [0.5, 0.6) is 0 Å². The first kappa shape index (κ1) is 27.1. The van der Waals surface area contributed by atoms with Gasteiger partial charge in [0.2, 0.25) is 10.0 Å². The van der Waals surface area contributed by atoms with Gasteiger partial charge in [0.25, 0.3) is 5.91 Å². The van der Waals surface area contributed by atoms with E-state index in [0.29, 0.717) is 11.3 Å². The van der Waals surface area contributed by atoms with E-state index in [-0.39, 0.29) is 18.5 Å². The molecule has 0 saturated carbocycles. The number of rotatable bonds is 8. The summed E-state index contributed by atoms with van der Waals surface area (Å²) in [6, 6.07) is 28.7. The SMILES string of the molecule is Cc1ccc([C@H](NC(=O)c2ccc(CN(c3c(C)cccc3C)S(C)(=O)=O)cc2)c2ccccc2)c(C)c1. The van der Waals surface area contributed by atoms with Gasteiger partial charge in [-0.15, -0.1) is 0 Å². The van der Waals surface area contributed by atoms with Crippen molar-refractivity contribution in [1.82, 2.24) is 5.32 Å². The Hall–Kier alpha value is -3.90. The molecule has 0 heterocycles. The zero-order valence-corrected chi connectivity index (χ0v) is 23.3. The van der Waals surface area contributed by atoms with Gasteiger partial charge in [-0.3, -0.25) is 9.10 Å². The Kier molecular flexibility index (Phi) is 8.02. The van der Waals surface area contributed by atoms with Gasteiger partial charge in [-0.05, 0) is 73.2 Å². The van der Waals surface area contributed by atoms with Gasteiger partial charge >= 0.3 is 0 Å². The molecular formula is C32H34N2O3S. The summed E-state index contributed by atoms with van der Waals surface area (Å²) in [7, 11) is -3.52. The summed E-state index contributed by atoms with van der Waals surface area (Å²) in [5, 5.41) is 3.21. The summed E-state index contributed by atoms with van der Waals surface area (Å²) < 4.78 is 26.9. The Bertz CT molecular complexity index is 1530. The van der Waals surface area contributed by atoms with Gasteiger partial charge in [-0.25, -0.2) is 8.42 Å².